The summed E-state index contributed by atoms with van der Waals surface area (Å²) in [5.74, 6) is -0.885. The van der Waals surface area contributed by atoms with Gasteiger partial charge in [0.1, 0.15) is 4.90 Å². The lowest BCUT2D eigenvalue weighted by molar-refractivity contribution is 0.0954. The molecule has 2 amide bonds. The van der Waals surface area contributed by atoms with E-state index in [1.54, 1.807) is 55.5 Å². The molecule has 0 saturated heterocycles. The van der Waals surface area contributed by atoms with Crippen LogP contribution in [0.4, 0.5) is 11.4 Å². The van der Waals surface area contributed by atoms with Crippen LogP contribution in [0, 0.1) is 6.92 Å². The Hall–Kier alpha value is -3.36. The number of anilines is 2. The third kappa shape index (κ3) is 5.91. The summed E-state index contributed by atoms with van der Waals surface area (Å²) in [4.78, 5) is 25.1. The number of sulfonamides is 1. The summed E-state index contributed by atoms with van der Waals surface area (Å²) < 4.78 is 28.4. The van der Waals surface area contributed by atoms with Crippen LogP contribution in [0.15, 0.2) is 71.6 Å². The largest absolute Gasteiger partial charge is 0.352 e. The van der Waals surface area contributed by atoms with Crippen LogP contribution in [-0.4, -0.2) is 26.8 Å². The molecule has 0 aromatic heterocycles. The first-order chi connectivity index (χ1) is 15.7. The molecule has 3 rings (SSSR count). The second kappa shape index (κ2) is 10.5. The number of benzene rings is 3. The van der Waals surface area contributed by atoms with Gasteiger partial charge in [-0.05, 0) is 55.3 Å². The van der Waals surface area contributed by atoms with E-state index in [1.807, 2.05) is 6.92 Å². The highest BCUT2D eigenvalue weighted by molar-refractivity contribution is 7.92. The predicted octanol–water partition coefficient (Wildman–Crippen LogP) is 4.84. The second-order valence-corrected chi connectivity index (χ2v) is 9.38. The van der Waals surface area contributed by atoms with Crippen molar-refractivity contribution in [1.29, 1.82) is 0 Å². The fourth-order valence-corrected chi connectivity index (χ4v) is 4.71. The lowest BCUT2D eigenvalue weighted by atomic mass is 10.1. The summed E-state index contributed by atoms with van der Waals surface area (Å²) in [6, 6.07) is 17.5. The lowest BCUT2D eigenvalue weighted by Crippen LogP contribution is -2.25. The zero-order valence-electron chi connectivity index (χ0n) is 18.2. The minimum absolute atomic E-state index is 0.0213. The first kappa shape index (κ1) is 24.3. The third-order valence-electron chi connectivity index (χ3n) is 4.83. The number of hydrogen-bond donors (Lipinski definition) is 3. The molecule has 0 spiro atoms. The van der Waals surface area contributed by atoms with Gasteiger partial charge in [-0.15, -0.1) is 0 Å². The Bertz CT molecular complexity index is 1290. The van der Waals surface area contributed by atoms with E-state index in [2.05, 4.69) is 15.4 Å². The Labute approximate surface area is 198 Å². The molecule has 0 heterocycles. The molecule has 33 heavy (non-hydrogen) atoms. The molecule has 7 nitrogen and oxygen atoms in total. The van der Waals surface area contributed by atoms with Crippen molar-refractivity contribution in [3.63, 3.8) is 0 Å². The van der Waals surface area contributed by atoms with Crippen LogP contribution in [0.3, 0.4) is 0 Å². The molecule has 0 unspecified atom stereocenters. The zero-order valence-corrected chi connectivity index (χ0v) is 19.8. The molecule has 0 aliphatic rings. The van der Waals surface area contributed by atoms with Crippen LogP contribution in [0.5, 0.6) is 0 Å². The van der Waals surface area contributed by atoms with Crippen LogP contribution in [0.2, 0.25) is 5.02 Å². The topological polar surface area (TPSA) is 104 Å². The molecule has 3 aromatic carbocycles. The highest BCUT2D eigenvalue weighted by Crippen LogP contribution is 2.27. The summed E-state index contributed by atoms with van der Waals surface area (Å²) in [5.41, 5.74) is 1.85. The minimum atomic E-state index is -4.05. The molecule has 3 aromatic rings. The lowest BCUT2D eigenvalue weighted by Gasteiger charge is -2.14. The van der Waals surface area contributed by atoms with Gasteiger partial charge in [0.05, 0.1) is 22.0 Å². The van der Waals surface area contributed by atoms with Gasteiger partial charge < -0.3 is 10.6 Å². The molecule has 0 radical (unpaired) electrons. The molecular weight excluding hydrogens is 462 g/mol. The van der Waals surface area contributed by atoms with Crippen molar-refractivity contribution in [2.24, 2.45) is 0 Å². The Morgan fingerprint density at radius 2 is 1.58 bits per heavy atom. The van der Waals surface area contributed by atoms with Crippen molar-refractivity contribution in [3.05, 3.63) is 88.4 Å². The van der Waals surface area contributed by atoms with Gasteiger partial charge in [-0.25, -0.2) is 8.42 Å². The van der Waals surface area contributed by atoms with Gasteiger partial charge >= 0.3 is 0 Å². The van der Waals surface area contributed by atoms with Crippen LogP contribution >= 0.6 is 11.6 Å². The van der Waals surface area contributed by atoms with Gasteiger partial charge in [-0.3, -0.25) is 14.3 Å². The summed E-state index contributed by atoms with van der Waals surface area (Å²) in [6.07, 6.45) is 0.777. The van der Waals surface area contributed by atoms with E-state index in [1.165, 1.54) is 18.2 Å². The number of nitrogens with one attached hydrogen (secondary N) is 3. The quantitative estimate of drug-likeness (QED) is 0.424. The van der Waals surface area contributed by atoms with Crippen molar-refractivity contribution in [3.8, 4) is 0 Å². The first-order valence-corrected chi connectivity index (χ1v) is 12.2. The molecule has 9 heteroatoms. The van der Waals surface area contributed by atoms with Crippen molar-refractivity contribution >= 4 is 44.8 Å². The molecule has 0 aliphatic carbocycles. The van der Waals surface area contributed by atoms with Crippen LogP contribution < -0.4 is 15.4 Å². The fourth-order valence-electron chi connectivity index (χ4n) is 3.06. The summed E-state index contributed by atoms with van der Waals surface area (Å²) in [7, 11) is -4.05. The van der Waals surface area contributed by atoms with E-state index >= 15 is 0 Å². The Balaban J connectivity index is 1.88. The fraction of sp³-hybridized carbons (Fsp3) is 0.167. The van der Waals surface area contributed by atoms with Gasteiger partial charge in [0.2, 0.25) is 0 Å². The summed E-state index contributed by atoms with van der Waals surface area (Å²) >= 11 is 6.16. The first-order valence-electron chi connectivity index (χ1n) is 10.3. The molecule has 3 N–H and O–H groups in total. The highest BCUT2D eigenvalue weighted by Gasteiger charge is 2.22. The standard InChI is InChI=1S/C24H24ClN3O4S/c1-3-14-26-24(30)18-9-5-7-11-21(18)27-23(29)17-12-13-19(25)22(15-17)33(31,32)28-20-10-6-4-8-16(20)2/h4-13,15,28H,3,14H2,1-2H3,(H,26,30)(H,27,29). The summed E-state index contributed by atoms with van der Waals surface area (Å²) in [5, 5.41) is 5.43. The molecule has 0 atom stereocenters. The number of amides is 2. The van der Waals surface area contributed by atoms with E-state index in [0.717, 1.165) is 12.0 Å². The van der Waals surface area contributed by atoms with Crippen molar-refractivity contribution in [1.82, 2.24) is 5.32 Å². The van der Waals surface area contributed by atoms with E-state index in [9.17, 15) is 18.0 Å². The van der Waals surface area contributed by atoms with E-state index < -0.39 is 15.9 Å². The number of hydrogen-bond acceptors (Lipinski definition) is 4. The predicted molar refractivity (Wildman–Crippen MR) is 130 cm³/mol. The Kier molecular flexibility index (Phi) is 7.73. The molecule has 0 bridgehead atoms. The maximum atomic E-state index is 13.0. The highest BCUT2D eigenvalue weighted by atomic mass is 35.5. The SMILES string of the molecule is CCCNC(=O)c1ccccc1NC(=O)c1ccc(Cl)c(S(=O)(=O)Nc2ccccc2C)c1. The third-order valence-corrected chi connectivity index (χ3v) is 6.67. The zero-order chi connectivity index (χ0) is 24.0. The van der Waals surface area contributed by atoms with Gasteiger partial charge in [-0.1, -0.05) is 48.9 Å². The number of aryl methyl sites for hydroxylation is 1. The van der Waals surface area contributed by atoms with E-state index in [0.29, 0.717) is 23.5 Å². The van der Waals surface area contributed by atoms with Crippen molar-refractivity contribution in [2.75, 3.05) is 16.6 Å². The maximum Gasteiger partial charge on any atom is 0.263 e. The average Bonchev–Trinajstić information content (AvgIpc) is 2.79. The van der Waals surface area contributed by atoms with E-state index in [-0.39, 0.29) is 21.4 Å². The van der Waals surface area contributed by atoms with Crippen LogP contribution in [-0.2, 0) is 10.0 Å². The molecular formula is C24H24ClN3O4S. The van der Waals surface area contributed by atoms with Gasteiger partial charge in [-0.2, -0.15) is 0 Å². The van der Waals surface area contributed by atoms with Crippen LogP contribution in [0.25, 0.3) is 0 Å². The number of carbonyl (C=O) groups excluding carboxylic acids is 2. The second-order valence-electron chi connectivity index (χ2n) is 7.32. The smallest absolute Gasteiger partial charge is 0.263 e. The number of carbonyl (C=O) groups is 2. The molecule has 0 saturated carbocycles. The van der Waals surface area contributed by atoms with E-state index in [4.69, 9.17) is 11.6 Å². The van der Waals surface area contributed by atoms with Crippen molar-refractivity contribution in [2.45, 2.75) is 25.2 Å². The van der Waals surface area contributed by atoms with Gasteiger partial charge in [0.15, 0.2) is 0 Å². The average molecular weight is 486 g/mol. The van der Waals surface area contributed by atoms with Gasteiger partial charge in [0.25, 0.3) is 21.8 Å². The molecule has 172 valence electrons. The number of para-hydroxylation sites is 2. The number of halogens is 1. The normalized spacial score (nSPS) is 11.0. The minimum Gasteiger partial charge on any atom is -0.352 e. The van der Waals surface area contributed by atoms with Gasteiger partial charge in [0, 0.05) is 12.1 Å². The maximum absolute atomic E-state index is 13.0. The number of rotatable bonds is 8. The Morgan fingerprint density at radius 3 is 2.27 bits per heavy atom. The monoisotopic (exact) mass is 485 g/mol. The molecule has 0 aliphatic heterocycles. The Morgan fingerprint density at radius 1 is 0.909 bits per heavy atom. The summed E-state index contributed by atoms with van der Waals surface area (Å²) in [6.45, 7) is 4.22. The van der Waals surface area contributed by atoms with Crippen molar-refractivity contribution < 1.29 is 18.0 Å². The van der Waals surface area contributed by atoms with Crippen LogP contribution in [0.1, 0.15) is 39.6 Å². The molecule has 0 fully saturated rings.